The Morgan fingerprint density at radius 1 is 1.29 bits per heavy atom. The van der Waals surface area contributed by atoms with E-state index >= 15 is 0 Å². The first-order valence-electron chi connectivity index (χ1n) is 8.06. The van der Waals surface area contributed by atoms with Crippen LogP contribution in [0.1, 0.15) is 32.1 Å². The highest BCUT2D eigenvalue weighted by Gasteiger charge is 2.38. The second-order valence-corrected chi connectivity index (χ2v) is 6.52. The molecular formula is C15H25N3O3. The maximum atomic E-state index is 12.0. The van der Waals surface area contributed by atoms with Crippen LogP contribution in [-0.4, -0.2) is 66.5 Å². The van der Waals surface area contributed by atoms with Gasteiger partial charge in [-0.2, -0.15) is 0 Å². The highest BCUT2D eigenvalue weighted by Crippen LogP contribution is 2.26. The Morgan fingerprint density at radius 3 is 2.62 bits per heavy atom. The van der Waals surface area contributed by atoms with Crippen molar-refractivity contribution in [1.29, 1.82) is 0 Å². The normalized spacial score (nSPS) is 32.0. The van der Waals surface area contributed by atoms with Crippen molar-refractivity contribution in [1.82, 2.24) is 9.80 Å². The van der Waals surface area contributed by atoms with E-state index in [9.17, 15) is 9.59 Å². The molecular weight excluding hydrogens is 270 g/mol. The minimum atomic E-state index is -0.346. The fourth-order valence-corrected chi connectivity index (χ4v) is 3.77. The topological polar surface area (TPSA) is 75.9 Å². The molecule has 0 aromatic carbocycles. The van der Waals surface area contributed by atoms with E-state index in [0.717, 1.165) is 39.1 Å². The van der Waals surface area contributed by atoms with E-state index in [-0.39, 0.29) is 23.8 Å². The predicted molar refractivity (Wildman–Crippen MR) is 77.5 cm³/mol. The molecule has 118 valence electrons. The first-order chi connectivity index (χ1) is 10.1. The Morgan fingerprint density at radius 2 is 2.05 bits per heavy atom. The number of ether oxygens (including phenoxy) is 1. The minimum Gasteiger partial charge on any atom is -0.377 e. The zero-order valence-corrected chi connectivity index (χ0v) is 12.5. The molecule has 2 unspecified atom stereocenters. The van der Waals surface area contributed by atoms with Crippen molar-refractivity contribution in [3.05, 3.63) is 0 Å². The van der Waals surface area contributed by atoms with Gasteiger partial charge in [0.05, 0.1) is 12.0 Å². The van der Waals surface area contributed by atoms with E-state index in [1.54, 1.807) is 0 Å². The highest BCUT2D eigenvalue weighted by molar-refractivity contribution is 5.88. The minimum absolute atomic E-state index is 0.0939. The standard InChI is InChI=1S/C15H25N3O3/c16-15(20)11-8-14(19)18(9-11)12-3-5-17(6-4-12)10-13-2-1-7-21-13/h11-13H,1-10H2,(H2,16,20). The van der Waals surface area contributed by atoms with Crippen molar-refractivity contribution in [2.45, 2.75) is 44.2 Å². The van der Waals surface area contributed by atoms with Crippen LogP contribution < -0.4 is 5.73 Å². The highest BCUT2D eigenvalue weighted by atomic mass is 16.5. The lowest BCUT2D eigenvalue weighted by Gasteiger charge is -2.37. The molecule has 0 aromatic heterocycles. The Bertz CT molecular complexity index is 401. The third-order valence-electron chi connectivity index (χ3n) is 5.04. The number of piperidine rings is 1. The van der Waals surface area contributed by atoms with Crippen LogP contribution in [0.4, 0.5) is 0 Å². The van der Waals surface area contributed by atoms with Gasteiger partial charge in [0.25, 0.3) is 0 Å². The molecule has 0 spiro atoms. The van der Waals surface area contributed by atoms with Crippen LogP contribution in [0, 0.1) is 5.92 Å². The Kier molecular flexibility index (Phi) is 4.45. The van der Waals surface area contributed by atoms with Gasteiger partial charge in [-0.15, -0.1) is 0 Å². The quantitative estimate of drug-likeness (QED) is 0.790. The van der Waals surface area contributed by atoms with E-state index in [2.05, 4.69) is 4.90 Å². The van der Waals surface area contributed by atoms with Crippen molar-refractivity contribution in [2.75, 3.05) is 32.8 Å². The van der Waals surface area contributed by atoms with E-state index in [0.29, 0.717) is 19.1 Å². The van der Waals surface area contributed by atoms with E-state index < -0.39 is 0 Å². The Hall–Kier alpha value is -1.14. The van der Waals surface area contributed by atoms with Crippen molar-refractivity contribution >= 4 is 11.8 Å². The van der Waals surface area contributed by atoms with E-state index in [4.69, 9.17) is 10.5 Å². The van der Waals surface area contributed by atoms with Gasteiger partial charge in [0.15, 0.2) is 0 Å². The number of primary amides is 1. The molecule has 0 aliphatic carbocycles. The molecule has 0 bridgehead atoms. The molecule has 0 aromatic rings. The van der Waals surface area contributed by atoms with Gasteiger partial charge < -0.3 is 20.3 Å². The van der Waals surface area contributed by atoms with Gasteiger partial charge >= 0.3 is 0 Å². The summed E-state index contributed by atoms with van der Waals surface area (Å²) in [6, 6.07) is 0.280. The number of likely N-dealkylation sites (tertiary alicyclic amines) is 2. The van der Waals surface area contributed by atoms with Crippen LogP contribution in [0.25, 0.3) is 0 Å². The SMILES string of the molecule is NC(=O)C1CC(=O)N(C2CCN(CC3CCCO3)CC2)C1. The summed E-state index contributed by atoms with van der Waals surface area (Å²) < 4.78 is 5.68. The number of hydrogen-bond donors (Lipinski definition) is 1. The molecule has 3 fully saturated rings. The molecule has 0 radical (unpaired) electrons. The van der Waals surface area contributed by atoms with Crippen molar-refractivity contribution in [3.8, 4) is 0 Å². The molecule has 3 rings (SSSR count). The number of nitrogens with two attached hydrogens (primary N) is 1. The van der Waals surface area contributed by atoms with Crippen molar-refractivity contribution in [2.24, 2.45) is 11.7 Å². The molecule has 3 aliphatic rings. The average molecular weight is 295 g/mol. The largest absolute Gasteiger partial charge is 0.377 e. The van der Waals surface area contributed by atoms with Gasteiger partial charge in [0, 0.05) is 45.2 Å². The number of amides is 2. The van der Waals surface area contributed by atoms with Crippen LogP contribution in [0.15, 0.2) is 0 Å². The van der Waals surface area contributed by atoms with Gasteiger partial charge in [-0.1, -0.05) is 0 Å². The summed E-state index contributed by atoms with van der Waals surface area (Å²) in [5, 5.41) is 0. The maximum absolute atomic E-state index is 12.0. The molecule has 2 amide bonds. The molecule has 21 heavy (non-hydrogen) atoms. The maximum Gasteiger partial charge on any atom is 0.223 e. The number of carbonyl (C=O) groups excluding carboxylic acids is 2. The summed E-state index contributed by atoms with van der Waals surface area (Å²) in [6.07, 6.45) is 5.02. The van der Waals surface area contributed by atoms with Crippen LogP contribution in [0.2, 0.25) is 0 Å². The Balaban J connectivity index is 1.47. The number of carbonyl (C=O) groups is 2. The lowest BCUT2D eigenvalue weighted by atomic mass is 10.0. The monoisotopic (exact) mass is 295 g/mol. The lowest BCUT2D eigenvalue weighted by Crippen LogP contribution is -2.47. The number of nitrogens with zero attached hydrogens (tertiary/aromatic N) is 2. The molecule has 3 saturated heterocycles. The Labute approximate surface area is 125 Å². The summed E-state index contributed by atoms with van der Waals surface area (Å²) in [4.78, 5) is 27.6. The third-order valence-corrected chi connectivity index (χ3v) is 5.04. The second-order valence-electron chi connectivity index (χ2n) is 6.52. The van der Waals surface area contributed by atoms with Crippen molar-refractivity contribution in [3.63, 3.8) is 0 Å². The lowest BCUT2D eigenvalue weighted by molar-refractivity contribution is -0.130. The molecule has 3 heterocycles. The van der Waals surface area contributed by atoms with Gasteiger partial charge in [0.2, 0.25) is 11.8 Å². The second kappa shape index (κ2) is 6.32. The molecule has 6 heteroatoms. The number of hydrogen-bond acceptors (Lipinski definition) is 4. The summed E-state index contributed by atoms with van der Waals surface area (Å²) in [5.74, 6) is -0.541. The van der Waals surface area contributed by atoms with Gasteiger partial charge in [-0.25, -0.2) is 0 Å². The molecule has 6 nitrogen and oxygen atoms in total. The van der Waals surface area contributed by atoms with E-state index in [1.165, 1.54) is 12.8 Å². The first kappa shape index (κ1) is 14.8. The fourth-order valence-electron chi connectivity index (χ4n) is 3.77. The smallest absolute Gasteiger partial charge is 0.223 e. The summed E-state index contributed by atoms with van der Waals surface area (Å²) in [5.41, 5.74) is 5.33. The summed E-state index contributed by atoms with van der Waals surface area (Å²) >= 11 is 0. The zero-order chi connectivity index (χ0) is 14.8. The van der Waals surface area contributed by atoms with Crippen LogP contribution >= 0.6 is 0 Å². The van der Waals surface area contributed by atoms with Gasteiger partial charge in [0.1, 0.15) is 0 Å². The van der Waals surface area contributed by atoms with Gasteiger partial charge in [-0.05, 0) is 25.7 Å². The van der Waals surface area contributed by atoms with E-state index in [1.807, 2.05) is 4.90 Å². The zero-order valence-electron chi connectivity index (χ0n) is 12.5. The summed E-state index contributed by atoms with van der Waals surface area (Å²) in [6.45, 7) is 4.46. The molecule has 2 atom stereocenters. The molecule has 2 N–H and O–H groups in total. The predicted octanol–water partition coefficient (Wildman–Crippen LogP) is -0.0364. The summed E-state index contributed by atoms with van der Waals surface area (Å²) in [7, 11) is 0. The van der Waals surface area contributed by atoms with Crippen LogP contribution in [0.3, 0.4) is 0 Å². The number of rotatable bonds is 4. The fraction of sp³-hybridized carbons (Fsp3) is 0.867. The first-order valence-corrected chi connectivity index (χ1v) is 8.06. The average Bonchev–Trinajstić information content (AvgIpc) is 3.09. The molecule has 3 aliphatic heterocycles. The van der Waals surface area contributed by atoms with Gasteiger partial charge in [-0.3, -0.25) is 9.59 Å². The molecule has 0 saturated carbocycles. The van der Waals surface area contributed by atoms with Crippen molar-refractivity contribution < 1.29 is 14.3 Å². The van der Waals surface area contributed by atoms with Crippen LogP contribution in [0.5, 0.6) is 0 Å². The third kappa shape index (κ3) is 3.37. The van der Waals surface area contributed by atoms with Crippen LogP contribution in [-0.2, 0) is 14.3 Å².